The zero-order valence-electron chi connectivity index (χ0n) is 15.7. The Labute approximate surface area is 164 Å². The number of nitrogens with two attached hydrogens (primary N) is 1. The van der Waals surface area contributed by atoms with Crippen molar-refractivity contribution in [3.05, 3.63) is 71.0 Å². The van der Waals surface area contributed by atoms with Gasteiger partial charge in [-0.3, -0.25) is 4.79 Å². The van der Waals surface area contributed by atoms with E-state index >= 15 is 0 Å². The van der Waals surface area contributed by atoms with E-state index in [9.17, 15) is 4.79 Å². The van der Waals surface area contributed by atoms with Crippen LogP contribution in [0.15, 0.2) is 48.7 Å². The van der Waals surface area contributed by atoms with Crippen molar-refractivity contribution in [2.24, 2.45) is 5.73 Å². The molecule has 0 radical (unpaired) electrons. The summed E-state index contributed by atoms with van der Waals surface area (Å²) >= 11 is 0. The Morgan fingerprint density at radius 2 is 2.00 bits per heavy atom. The SMILES string of the molecule is NCc1cn(C2CCCN(C(=O)c3ccc4c(c3)-c3ccccc3C4)C2)nn1. The molecule has 5 rings (SSSR count). The van der Waals surface area contributed by atoms with Crippen LogP contribution in [0.2, 0.25) is 0 Å². The van der Waals surface area contributed by atoms with Crippen LogP contribution in [0.1, 0.15) is 46.1 Å². The average Bonchev–Trinajstić information content (AvgIpc) is 3.37. The number of nitrogens with zero attached hydrogens (tertiary/aromatic N) is 4. The van der Waals surface area contributed by atoms with Gasteiger partial charge in [-0.2, -0.15) is 0 Å². The third-order valence-corrected chi connectivity index (χ3v) is 5.87. The molecule has 0 saturated carbocycles. The Hall–Kier alpha value is -2.99. The van der Waals surface area contributed by atoms with E-state index in [2.05, 4.69) is 46.7 Å². The van der Waals surface area contributed by atoms with Crippen molar-refractivity contribution in [1.29, 1.82) is 0 Å². The molecule has 3 aromatic rings. The van der Waals surface area contributed by atoms with Gasteiger partial charge >= 0.3 is 0 Å². The number of aromatic nitrogens is 3. The minimum atomic E-state index is 0.0936. The molecule has 2 N–H and O–H groups in total. The highest BCUT2D eigenvalue weighted by molar-refractivity contribution is 5.96. The number of amides is 1. The Bertz CT molecular complexity index is 1040. The molecule has 0 spiro atoms. The van der Waals surface area contributed by atoms with Gasteiger partial charge in [-0.15, -0.1) is 5.10 Å². The molecule has 142 valence electrons. The largest absolute Gasteiger partial charge is 0.337 e. The highest BCUT2D eigenvalue weighted by atomic mass is 16.2. The molecule has 1 aromatic heterocycles. The normalized spacial score (nSPS) is 18.0. The Morgan fingerprint density at radius 1 is 1.14 bits per heavy atom. The molecule has 6 heteroatoms. The van der Waals surface area contributed by atoms with Gasteiger partial charge in [-0.1, -0.05) is 35.5 Å². The first-order valence-corrected chi connectivity index (χ1v) is 9.84. The fourth-order valence-electron chi connectivity index (χ4n) is 4.38. The van der Waals surface area contributed by atoms with E-state index in [0.717, 1.165) is 37.1 Å². The summed E-state index contributed by atoms with van der Waals surface area (Å²) in [5.74, 6) is 0.0936. The van der Waals surface area contributed by atoms with Crippen molar-refractivity contribution in [1.82, 2.24) is 19.9 Å². The van der Waals surface area contributed by atoms with Crippen molar-refractivity contribution >= 4 is 5.91 Å². The molecule has 2 aliphatic rings. The number of fused-ring (bicyclic) bond motifs is 3. The topological polar surface area (TPSA) is 77.0 Å². The molecular formula is C22H23N5O. The lowest BCUT2D eigenvalue weighted by Gasteiger charge is -2.32. The van der Waals surface area contributed by atoms with E-state index in [4.69, 9.17) is 5.73 Å². The van der Waals surface area contributed by atoms with Gasteiger partial charge < -0.3 is 10.6 Å². The third kappa shape index (κ3) is 2.90. The maximum Gasteiger partial charge on any atom is 0.253 e. The van der Waals surface area contributed by atoms with E-state index in [-0.39, 0.29) is 11.9 Å². The summed E-state index contributed by atoms with van der Waals surface area (Å²) in [5.41, 5.74) is 12.3. The number of rotatable bonds is 3. The lowest BCUT2D eigenvalue weighted by Crippen LogP contribution is -2.40. The third-order valence-electron chi connectivity index (χ3n) is 5.87. The van der Waals surface area contributed by atoms with E-state index in [1.165, 1.54) is 22.3 Å². The molecule has 1 unspecified atom stereocenters. The van der Waals surface area contributed by atoms with Crippen molar-refractivity contribution in [3.8, 4) is 11.1 Å². The van der Waals surface area contributed by atoms with E-state index in [1.807, 2.05) is 21.8 Å². The van der Waals surface area contributed by atoms with Gasteiger partial charge in [0.1, 0.15) is 0 Å². The summed E-state index contributed by atoms with van der Waals surface area (Å²) in [4.78, 5) is 15.2. The molecule has 1 aliphatic heterocycles. The van der Waals surface area contributed by atoms with Gasteiger partial charge in [0.25, 0.3) is 5.91 Å². The maximum atomic E-state index is 13.2. The Balaban J connectivity index is 1.38. The van der Waals surface area contributed by atoms with Crippen LogP contribution >= 0.6 is 0 Å². The molecule has 2 aromatic carbocycles. The molecule has 1 aliphatic carbocycles. The second-order valence-corrected chi connectivity index (χ2v) is 7.65. The van der Waals surface area contributed by atoms with Crippen LogP contribution in [-0.4, -0.2) is 38.9 Å². The van der Waals surface area contributed by atoms with Crippen LogP contribution in [0.4, 0.5) is 0 Å². The monoisotopic (exact) mass is 373 g/mol. The summed E-state index contributed by atoms with van der Waals surface area (Å²) in [5, 5.41) is 8.28. The number of likely N-dealkylation sites (tertiary alicyclic amines) is 1. The number of piperidine rings is 1. The van der Waals surface area contributed by atoms with Crippen molar-refractivity contribution in [2.45, 2.75) is 31.8 Å². The molecule has 2 heterocycles. The summed E-state index contributed by atoms with van der Waals surface area (Å²) in [6, 6.07) is 14.7. The van der Waals surface area contributed by atoms with Crippen LogP contribution in [0.25, 0.3) is 11.1 Å². The highest BCUT2D eigenvalue weighted by Gasteiger charge is 2.27. The van der Waals surface area contributed by atoms with E-state index in [1.54, 1.807) is 0 Å². The first kappa shape index (κ1) is 17.1. The number of carbonyl (C=O) groups is 1. The predicted molar refractivity (Wildman–Crippen MR) is 107 cm³/mol. The average molecular weight is 373 g/mol. The van der Waals surface area contributed by atoms with Crippen LogP contribution in [0.3, 0.4) is 0 Å². The van der Waals surface area contributed by atoms with Gasteiger partial charge in [0.05, 0.1) is 17.9 Å². The highest BCUT2D eigenvalue weighted by Crippen LogP contribution is 2.37. The Morgan fingerprint density at radius 3 is 2.86 bits per heavy atom. The first-order valence-electron chi connectivity index (χ1n) is 9.84. The summed E-state index contributed by atoms with van der Waals surface area (Å²) in [6.07, 6.45) is 4.79. The Kier molecular flexibility index (Phi) is 4.20. The predicted octanol–water partition coefficient (Wildman–Crippen LogP) is 2.79. The van der Waals surface area contributed by atoms with Gasteiger partial charge in [-0.05, 0) is 53.6 Å². The fraction of sp³-hybridized carbons (Fsp3) is 0.318. The summed E-state index contributed by atoms with van der Waals surface area (Å²) < 4.78 is 1.86. The van der Waals surface area contributed by atoms with Gasteiger partial charge in [0.2, 0.25) is 0 Å². The maximum absolute atomic E-state index is 13.2. The second-order valence-electron chi connectivity index (χ2n) is 7.65. The molecule has 1 saturated heterocycles. The lowest BCUT2D eigenvalue weighted by atomic mass is 10.0. The summed E-state index contributed by atoms with van der Waals surface area (Å²) in [7, 11) is 0. The van der Waals surface area contributed by atoms with Gasteiger partial charge in [-0.25, -0.2) is 4.68 Å². The fourth-order valence-corrected chi connectivity index (χ4v) is 4.38. The number of benzene rings is 2. The van der Waals surface area contributed by atoms with Crippen LogP contribution in [-0.2, 0) is 13.0 Å². The first-order chi connectivity index (χ1) is 13.7. The minimum Gasteiger partial charge on any atom is -0.337 e. The van der Waals surface area contributed by atoms with Crippen molar-refractivity contribution in [2.75, 3.05) is 13.1 Å². The molecule has 0 bridgehead atoms. The van der Waals surface area contributed by atoms with Crippen LogP contribution < -0.4 is 5.73 Å². The second kappa shape index (κ2) is 6.87. The molecule has 1 fully saturated rings. The van der Waals surface area contributed by atoms with Gasteiger partial charge in [0, 0.05) is 25.2 Å². The zero-order valence-corrected chi connectivity index (χ0v) is 15.7. The molecule has 6 nitrogen and oxygen atoms in total. The standard InChI is InChI=1S/C22H23N5O/c23-12-18-13-27(25-24-18)19-5-3-9-26(14-19)22(28)17-8-7-16-10-15-4-1-2-6-20(15)21(16)11-17/h1-2,4,6-8,11,13,19H,3,5,9-10,12,14,23H2. The minimum absolute atomic E-state index is 0.0936. The number of carbonyl (C=O) groups excluding carboxylic acids is 1. The van der Waals surface area contributed by atoms with Crippen LogP contribution in [0.5, 0.6) is 0 Å². The molecule has 28 heavy (non-hydrogen) atoms. The smallest absolute Gasteiger partial charge is 0.253 e. The summed E-state index contributed by atoms with van der Waals surface area (Å²) in [6.45, 7) is 1.81. The van der Waals surface area contributed by atoms with Crippen molar-refractivity contribution in [3.63, 3.8) is 0 Å². The van der Waals surface area contributed by atoms with E-state index < -0.39 is 0 Å². The molecular weight excluding hydrogens is 350 g/mol. The van der Waals surface area contributed by atoms with E-state index in [0.29, 0.717) is 13.1 Å². The van der Waals surface area contributed by atoms with Crippen molar-refractivity contribution < 1.29 is 4.79 Å². The number of hydrogen-bond acceptors (Lipinski definition) is 4. The molecule has 1 amide bonds. The number of hydrogen-bond donors (Lipinski definition) is 1. The van der Waals surface area contributed by atoms with Crippen LogP contribution in [0, 0.1) is 0 Å². The lowest BCUT2D eigenvalue weighted by molar-refractivity contribution is 0.0672. The van der Waals surface area contributed by atoms with Gasteiger partial charge in [0.15, 0.2) is 0 Å². The zero-order chi connectivity index (χ0) is 19.1. The quantitative estimate of drug-likeness (QED) is 0.599. The molecule has 1 atom stereocenters.